The van der Waals surface area contributed by atoms with Gasteiger partial charge in [0.05, 0.1) is 18.1 Å². The first-order valence-electron chi connectivity index (χ1n) is 13.9. The van der Waals surface area contributed by atoms with Gasteiger partial charge in [0, 0.05) is 17.5 Å². The number of methoxy groups -OCH3 is 1. The number of imidazole rings is 1. The standard InChI is InChI=1S/C31H38N4O9/c1-30(2,3)43-26(38)21(33-29(40)44-31(4,5)6)14-16-24(36)42-18-35-23-15-13-20(25(37)19-11-9-8-10-12-19)17-22(23)32-27(35)34-28(39)41-7/h8-13,15,17,21H,14,16,18H2,1-7H3,(H,33,40)(H,32,34,39)/t21-/m0/s1. The van der Waals surface area contributed by atoms with Crippen molar-refractivity contribution in [1.29, 1.82) is 0 Å². The molecule has 2 N–H and O–H groups in total. The fourth-order valence-corrected chi connectivity index (χ4v) is 3.94. The zero-order chi connectivity index (χ0) is 32.7. The number of aromatic nitrogens is 2. The van der Waals surface area contributed by atoms with Gasteiger partial charge in [0.25, 0.3) is 0 Å². The number of ether oxygens (including phenoxy) is 4. The van der Waals surface area contributed by atoms with Crippen LogP contribution in [0.1, 0.15) is 70.3 Å². The lowest BCUT2D eigenvalue weighted by Crippen LogP contribution is -2.46. The molecular weight excluding hydrogens is 572 g/mol. The van der Waals surface area contributed by atoms with Gasteiger partial charge in [-0.1, -0.05) is 30.3 Å². The van der Waals surface area contributed by atoms with Crippen LogP contribution in [0.4, 0.5) is 15.5 Å². The van der Waals surface area contributed by atoms with Gasteiger partial charge in [0.2, 0.25) is 5.95 Å². The summed E-state index contributed by atoms with van der Waals surface area (Å²) in [6, 6.07) is 12.3. The van der Waals surface area contributed by atoms with Crippen molar-refractivity contribution in [3.05, 3.63) is 59.7 Å². The summed E-state index contributed by atoms with van der Waals surface area (Å²) in [5, 5.41) is 4.93. The monoisotopic (exact) mass is 610 g/mol. The van der Waals surface area contributed by atoms with Crippen LogP contribution in [0.5, 0.6) is 0 Å². The number of nitrogens with zero attached hydrogens (tertiary/aromatic N) is 2. The molecule has 0 aliphatic carbocycles. The third-order valence-corrected chi connectivity index (χ3v) is 5.82. The smallest absolute Gasteiger partial charge is 0.413 e. The van der Waals surface area contributed by atoms with Crippen LogP contribution in [0, 0.1) is 0 Å². The predicted octanol–water partition coefficient (Wildman–Crippen LogP) is 4.96. The van der Waals surface area contributed by atoms with Gasteiger partial charge in [-0.3, -0.25) is 19.5 Å². The largest absolute Gasteiger partial charge is 0.458 e. The zero-order valence-electron chi connectivity index (χ0n) is 25.9. The highest BCUT2D eigenvalue weighted by molar-refractivity contribution is 6.10. The molecule has 13 nitrogen and oxygen atoms in total. The summed E-state index contributed by atoms with van der Waals surface area (Å²) in [6.45, 7) is 9.71. The van der Waals surface area contributed by atoms with Gasteiger partial charge >= 0.3 is 24.1 Å². The Morgan fingerprint density at radius 2 is 1.52 bits per heavy atom. The Hall–Kier alpha value is -4.94. The lowest BCUT2D eigenvalue weighted by molar-refractivity contribution is -0.158. The maximum absolute atomic E-state index is 12.9. The molecule has 0 aliphatic heterocycles. The molecule has 0 fully saturated rings. The van der Waals surface area contributed by atoms with Crippen molar-refractivity contribution in [2.24, 2.45) is 0 Å². The Labute approximate surface area is 255 Å². The quantitative estimate of drug-likeness (QED) is 0.182. The highest BCUT2D eigenvalue weighted by Crippen LogP contribution is 2.23. The molecule has 236 valence electrons. The summed E-state index contributed by atoms with van der Waals surface area (Å²) < 4.78 is 22.2. The number of rotatable bonds is 10. The zero-order valence-corrected chi connectivity index (χ0v) is 25.9. The van der Waals surface area contributed by atoms with Crippen molar-refractivity contribution in [1.82, 2.24) is 14.9 Å². The second-order valence-electron chi connectivity index (χ2n) is 11.8. The molecule has 44 heavy (non-hydrogen) atoms. The number of benzene rings is 2. The fraction of sp³-hybridized carbons (Fsp3) is 0.419. The second kappa shape index (κ2) is 14.0. The molecule has 0 aliphatic rings. The van der Waals surface area contributed by atoms with Crippen LogP contribution in [-0.4, -0.2) is 63.8 Å². The molecule has 2 amide bonds. The number of ketones is 1. The van der Waals surface area contributed by atoms with Gasteiger partial charge < -0.3 is 24.3 Å². The van der Waals surface area contributed by atoms with Crippen LogP contribution in [0.2, 0.25) is 0 Å². The first-order chi connectivity index (χ1) is 20.6. The molecule has 0 unspecified atom stereocenters. The van der Waals surface area contributed by atoms with Crippen LogP contribution in [0.3, 0.4) is 0 Å². The maximum atomic E-state index is 12.9. The van der Waals surface area contributed by atoms with Gasteiger partial charge in [0.15, 0.2) is 12.5 Å². The van der Waals surface area contributed by atoms with E-state index in [-0.39, 0.29) is 31.3 Å². The Balaban J connectivity index is 1.76. The fourth-order valence-electron chi connectivity index (χ4n) is 3.94. The summed E-state index contributed by atoms with van der Waals surface area (Å²) >= 11 is 0. The molecule has 13 heteroatoms. The van der Waals surface area contributed by atoms with E-state index in [0.717, 1.165) is 0 Å². The van der Waals surface area contributed by atoms with Crippen LogP contribution < -0.4 is 10.6 Å². The molecule has 0 bridgehead atoms. The third-order valence-electron chi connectivity index (χ3n) is 5.82. The summed E-state index contributed by atoms with van der Waals surface area (Å²) in [6.07, 6.45) is -2.03. The van der Waals surface area contributed by atoms with E-state index in [0.29, 0.717) is 22.2 Å². The van der Waals surface area contributed by atoms with Gasteiger partial charge in [-0.25, -0.2) is 19.4 Å². The number of anilines is 1. The normalized spacial score (nSPS) is 12.2. The molecule has 3 rings (SSSR count). The molecule has 1 aromatic heterocycles. The number of carbonyl (C=O) groups excluding carboxylic acids is 5. The minimum atomic E-state index is -1.18. The summed E-state index contributed by atoms with van der Waals surface area (Å²) in [5.74, 6) is -1.63. The van der Waals surface area contributed by atoms with E-state index in [2.05, 4.69) is 20.4 Å². The molecule has 0 saturated carbocycles. The van der Waals surface area contributed by atoms with Gasteiger partial charge in [-0.2, -0.15) is 0 Å². The Kier molecular flexibility index (Phi) is 10.7. The summed E-state index contributed by atoms with van der Waals surface area (Å²) in [4.78, 5) is 67.2. The summed E-state index contributed by atoms with van der Waals surface area (Å²) in [7, 11) is 1.19. The SMILES string of the molecule is COC(=O)Nc1nc2cc(C(=O)c3ccccc3)ccc2n1COC(=O)CC[C@H](NC(=O)OC(C)(C)C)C(=O)OC(C)(C)C. The minimum Gasteiger partial charge on any atom is -0.458 e. The van der Waals surface area contributed by atoms with Crippen LogP contribution in [0.15, 0.2) is 48.5 Å². The van der Waals surface area contributed by atoms with Crippen molar-refractivity contribution >= 4 is 46.9 Å². The molecule has 0 spiro atoms. The number of esters is 2. The van der Waals surface area contributed by atoms with E-state index in [9.17, 15) is 24.0 Å². The van der Waals surface area contributed by atoms with E-state index in [1.54, 1.807) is 84.0 Å². The van der Waals surface area contributed by atoms with Crippen molar-refractivity contribution in [2.45, 2.75) is 78.4 Å². The van der Waals surface area contributed by atoms with Crippen LogP contribution in [0.25, 0.3) is 11.0 Å². The minimum absolute atomic E-state index is 0.0159. The molecule has 2 aromatic carbocycles. The molecule has 1 atom stereocenters. The number of hydrogen-bond acceptors (Lipinski definition) is 10. The van der Waals surface area contributed by atoms with Crippen LogP contribution in [-0.2, 0) is 35.3 Å². The van der Waals surface area contributed by atoms with Crippen molar-refractivity contribution in [3.8, 4) is 0 Å². The van der Waals surface area contributed by atoms with E-state index in [4.69, 9.17) is 14.2 Å². The van der Waals surface area contributed by atoms with E-state index in [1.807, 2.05) is 6.07 Å². The number of carbonyl (C=O) groups is 5. The first-order valence-corrected chi connectivity index (χ1v) is 13.9. The van der Waals surface area contributed by atoms with E-state index in [1.165, 1.54) is 11.7 Å². The Bertz CT molecular complexity index is 1520. The highest BCUT2D eigenvalue weighted by atomic mass is 16.6. The average molecular weight is 611 g/mol. The Morgan fingerprint density at radius 3 is 2.14 bits per heavy atom. The molecule has 1 heterocycles. The molecular formula is C31H38N4O9. The maximum Gasteiger partial charge on any atom is 0.413 e. The Morgan fingerprint density at radius 1 is 0.864 bits per heavy atom. The van der Waals surface area contributed by atoms with Crippen molar-refractivity contribution < 1.29 is 42.9 Å². The number of nitrogens with one attached hydrogen (secondary N) is 2. The number of hydrogen-bond donors (Lipinski definition) is 2. The van der Waals surface area contributed by atoms with Crippen molar-refractivity contribution in [2.75, 3.05) is 12.4 Å². The topological polar surface area (TPSA) is 164 Å². The lowest BCUT2D eigenvalue weighted by Gasteiger charge is -2.26. The van der Waals surface area contributed by atoms with Gasteiger partial charge in [0.1, 0.15) is 17.2 Å². The molecule has 0 saturated heterocycles. The number of fused-ring (bicyclic) bond motifs is 1. The lowest BCUT2D eigenvalue weighted by atomic mass is 10.0. The third kappa shape index (κ3) is 9.82. The van der Waals surface area contributed by atoms with Crippen molar-refractivity contribution in [3.63, 3.8) is 0 Å². The van der Waals surface area contributed by atoms with Gasteiger partial charge in [-0.15, -0.1) is 0 Å². The van der Waals surface area contributed by atoms with E-state index < -0.39 is 41.4 Å². The van der Waals surface area contributed by atoms with Crippen LogP contribution >= 0.6 is 0 Å². The predicted molar refractivity (Wildman–Crippen MR) is 160 cm³/mol. The number of alkyl carbamates (subject to hydrolysis) is 1. The molecule has 3 aromatic rings. The molecule has 0 radical (unpaired) electrons. The highest BCUT2D eigenvalue weighted by Gasteiger charge is 2.29. The van der Waals surface area contributed by atoms with Gasteiger partial charge in [-0.05, 0) is 66.2 Å². The number of amides is 2. The summed E-state index contributed by atoms with van der Waals surface area (Å²) in [5.41, 5.74) is 0.0656. The second-order valence-corrected chi connectivity index (χ2v) is 11.8. The first kappa shape index (κ1) is 33.6. The average Bonchev–Trinajstić information content (AvgIpc) is 3.27. The van der Waals surface area contributed by atoms with E-state index >= 15 is 0 Å².